The van der Waals surface area contributed by atoms with Crippen LogP contribution in [-0.2, 0) is 43.6 Å². The highest BCUT2D eigenvalue weighted by atomic mass is 32.1. The smallest absolute Gasteiger partial charge is 0.360 e. The fourth-order valence-corrected chi connectivity index (χ4v) is 8.03. The zero-order valence-electron chi connectivity index (χ0n) is 37.8. The number of benzene rings is 6. The van der Waals surface area contributed by atoms with Crippen LogP contribution in [0.1, 0.15) is 51.3 Å². The van der Waals surface area contributed by atoms with Gasteiger partial charge in [0.25, 0.3) is 0 Å². The Morgan fingerprint density at radius 3 is 1.67 bits per heavy atom. The van der Waals surface area contributed by atoms with Crippen molar-refractivity contribution in [1.82, 2.24) is 4.98 Å². The summed E-state index contributed by atoms with van der Waals surface area (Å²) in [7, 11) is 3.02. The second kappa shape index (κ2) is 25.1. The summed E-state index contributed by atoms with van der Waals surface area (Å²) in [6.07, 6.45) is -2.85. The Kier molecular flexibility index (Phi) is 17.9. The molecule has 69 heavy (non-hydrogen) atoms. The van der Waals surface area contributed by atoms with Crippen LogP contribution in [0.5, 0.6) is 11.5 Å². The molecule has 356 valence electrons. The number of halogens is 1. The fourth-order valence-electron chi connectivity index (χ4n) is 7.28. The number of nitrogens with one attached hydrogen (secondary N) is 1. The fraction of sp³-hybridized carbons (Fsp3) is 0.208. The second-order valence-electron chi connectivity index (χ2n) is 15.0. The lowest BCUT2D eigenvalue weighted by Crippen LogP contribution is -2.38. The summed E-state index contributed by atoms with van der Waals surface area (Å²) in [5.74, 6) is -4.10. The standard InChI is InChI=1S/C53H50FN3O11S/c1-61-28-30-63-35-65-45-33-39(32-43(54)49(45)66-36-64-31-29-62-2)48(51(60)67-47(37-18-8-3-9-19-37)38-20-10-4-11-21-38)68-57-46(50(58)59)44-34-69-52(55-44)56-53(40-22-12-5-13-23-40,41-24-14-6-15-25-41)42-26-16-7-17-27-42/h3-27,32-34,47-48H,28-31,35-36H2,1-2H3,(H,55,56)(H,58,59). The Morgan fingerprint density at radius 2 is 1.17 bits per heavy atom. The van der Waals surface area contributed by atoms with Gasteiger partial charge in [-0.3, -0.25) is 0 Å². The van der Waals surface area contributed by atoms with Gasteiger partial charge in [-0.1, -0.05) is 157 Å². The maximum absolute atomic E-state index is 16.3. The predicted octanol–water partition coefficient (Wildman–Crippen LogP) is 9.56. The van der Waals surface area contributed by atoms with Crippen LogP contribution >= 0.6 is 11.3 Å². The Morgan fingerprint density at radius 1 is 0.681 bits per heavy atom. The highest BCUT2D eigenvalue weighted by Gasteiger charge is 2.38. The van der Waals surface area contributed by atoms with Crippen molar-refractivity contribution < 1.29 is 57.1 Å². The number of carboxylic acids is 1. The van der Waals surface area contributed by atoms with E-state index in [0.29, 0.717) is 16.3 Å². The third-order valence-electron chi connectivity index (χ3n) is 10.5. The molecule has 0 bridgehead atoms. The average molecular weight is 956 g/mol. The normalized spacial score (nSPS) is 12.0. The number of methoxy groups -OCH3 is 2. The summed E-state index contributed by atoms with van der Waals surface area (Å²) in [6, 6.07) is 49.7. The van der Waals surface area contributed by atoms with Crippen LogP contribution in [0.4, 0.5) is 9.52 Å². The molecule has 16 heteroatoms. The first-order valence-electron chi connectivity index (χ1n) is 21.7. The number of oxime groups is 1. The van der Waals surface area contributed by atoms with Gasteiger partial charge in [0, 0.05) is 25.2 Å². The minimum absolute atomic E-state index is 0.0859. The van der Waals surface area contributed by atoms with E-state index in [-0.39, 0.29) is 62.8 Å². The lowest BCUT2D eigenvalue weighted by molar-refractivity contribution is -0.162. The van der Waals surface area contributed by atoms with E-state index in [1.54, 1.807) is 48.5 Å². The minimum Gasteiger partial charge on any atom is -0.476 e. The molecule has 0 spiro atoms. The van der Waals surface area contributed by atoms with Crippen molar-refractivity contribution in [3.05, 3.63) is 214 Å². The Hall–Kier alpha value is -7.47. The number of rotatable bonds is 26. The first-order chi connectivity index (χ1) is 33.8. The Bertz CT molecular complexity index is 2580. The number of anilines is 1. The van der Waals surface area contributed by atoms with Crippen molar-refractivity contribution in [3.8, 4) is 11.5 Å². The summed E-state index contributed by atoms with van der Waals surface area (Å²) < 4.78 is 55.0. The van der Waals surface area contributed by atoms with Gasteiger partial charge in [0.1, 0.15) is 11.2 Å². The topological polar surface area (TPSA) is 165 Å². The van der Waals surface area contributed by atoms with Crippen LogP contribution in [0.25, 0.3) is 0 Å². The zero-order chi connectivity index (χ0) is 48.3. The zero-order valence-corrected chi connectivity index (χ0v) is 38.6. The Labute approximate surface area is 402 Å². The summed E-state index contributed by atoms with van der Waals surface area (Å²) in [5.41, 5.74) is 2.04. The van der Waals surface area contributed by atoms with Crippen LogP contribution in [0, 0.1) is 5.82 Å². The molecule has 2 N–H and O–H groups in total. The maximum Gasteiger partial charge on any atom is 0.360 e. The molecule has 0 fully saturated rings. The predicted molar refractivity (Wildman–Crippen MR) is 257 cm³/mol. The number of carbonyl (C=O) groups excluding carboxylic acids is 1. The van der Waals surface area contributed by atoms with E-state index >= 15 is 4.39 Å². The molecule has 1 atom stereocenters. The van der Waals surface area contributed by atoms with Gasteiger partial charge in [0.15, 0.2) is 42.1 Å². The monoisotopic (exact) mass is 955 g/mol. The lowest BCUT2D eigenvalue weighted by Gasteiger charge is -2.36. The number of hydrogen-bond acceptors (Lipinski definition) is 14. The molecule has 1 unspecified atom stereocenters. The molecule has 0 aliphatic carbocycles. The van der Waals surface area contributed by atoms with Crippen molar-refractivity contribution in [2.75, 3.05) is 59.5 Å². The highest BCUT2D eigenvalue weighted by Crippen LogP contribution is 2.41. The molecule has 0 aliphatic heterocycles. The number of thiazole rings is 1. The van der Waals surface area contributed by atoms with E-state index < -0.39 is 41.2 Å². The molecular weight excluding hydrogens is 906 g/mol. The quantitative estimate of drug-likeness (QED) is 0.0132. The van der Waals surface area contributed by atoms with Gasteiger partial charge < -0.3 is 48.4 Å². The van der Waals surface area contributed by atoms with Gasteiger partial charge in [-0.2, -0.15) is 0 Å². The van der Waals surface area contributed by atoms with Crippen molar-refractivity contribution >= 4 is 34.1 Å². The van der Waals surface area contributed by atoms with Crippen molar-refractivity contribution in [2.45, 2.75) is 17.7 Å². The molecule has 6 aromatic carbocycles. The minimum atomic E-state index is -1.88. The van der Waals surface area contributed by atoms with E-state index in [1.807, 2.05) is 103 Å². The van der Waals surface area contributed by atoms with Crippen LogP contribution in [0.15, 0.2) is 174 Å². The molecule has 0 saturated carbocycles. The first kappa shape index (κ1) is 49.4. The molecule has 1 heterocycles. The number of aromatic nitrogens is 1. The van der Waals surface area contributed by atoms with E-state index in [0.717, 1.165) is 34.1 Å². The van der Waals surface area contributed by atoms with E-state index in [9.17, 15) is 14.7 Å². The summed E-state index contributed by atoms with van der Waals surface area (Å²) in [4.78, 5) is 38.4. The van der Waals surface area contributed by atoms with Crippen molar-refractivity contribution in [3.63, 3.8) is 0 Å². The van der Waals surface area contributed by atoms with Gasteiger partial charge in [0.2, 0.25) is 11.8 Å². The average Bonchev–Trinajstić information content (AvgIpc) is 3.85. The molecule has 1 aromatic heterocycles. The highest BCUT2D eigenvalue weighted by molar-refractivity contribution is 7.14. The second-order valence-corrected chi connectivity index (χ2v) is 15.9. The molecule has 0 saturated heterocycles. The SMILES string of the molecule is COCCOCOc1cc(C(ON=C(C(=O)O)c2csc(NC(c3ccccc3)(c3ccccc3)c3ccccc3)n2)C(=O)OC(c2ccccc2)c2ccccc2)cc(F)c1OCOCCOC. The molecule has 7 aromatic rings. The third-order valence-corrected chi connectivity index (χ3v) is 11.3. The number of carboxylic acid groups (broad SMARTS) is 1. The largest absolute Gasteiger partial charge is 0.476 e. The summed E-state index contributed by atoms with van der Waals surface area (Å²) >= 11 is 1.14. The van der Waals surface area contributed by atoms with Gasteiger partial charge in [-0.05, 0) is 39.9 Å². The van der Waals surface area contributed by atoms with Crippen LogP contribution in [0.3, 0.4) is 0 Å². The van der Waals surface area contributed by atoms with Crippen molar-refractivity contribution in [2.24, 2.45) is 5.16 Å². The van der Waals surface area contributed by atoms with Crippen LogP contribution < -0.4 is 14.8 Å². The van der Waals surface area contributed by atoms with Gasteiger partial charge >= 0.3 is 11.9 Å². The van der Waals surface area contributed by atoms with Gasteiger partial charge in [-0.25, -0.2) is 19.0 Å². The summed E-state index contributed by atoms with van der Waals surface area (Å²) in [6.45, 7) is 0.0943. The molecule has 7 rings (SSSR count). The van der Waals surface area contributed by atoms with Crippen molar-refractivity contribution in [1.29, 1.82) is 0 Å². The van der Waals surface area contributed by atoms with E-state index in [1.165, 1.54) is 25.7 Å². The first-order valence-corrected chi connectivity index (χ1v) is 22.6. The van der Waals surface area contributed by atoms with Crippen LogP contribution in [0.2, 0.25) is 0 Å². The van der Waals surface area contributed by atoms with E-state index in [2.05, 4.69) is 10.5 Å². The molecular formula is C53H50FN3O11S. The molecule has 14 nitrogen and oxygen atoms in total. The molecule has 0 amide bonds. The van der Waals surface area contributed by atoms with E-state index in [4.69, 9.17) is 43.0 Å². The van der Waals surface area contributed by atoms with Gasteiger partial charge in [0.05, 0.1) is 26.4 Å². The van der Waals surface area contributed by atoms with Crippen LogP contribution in [-0.4, -0.2) is 82.0 Å². The maximum atomic E-state index is 16.3. The molecule has 0 radical (unpaired) electrons. The molecule has 0 aliphatic rings. The Balaban J connectivity index is 1.28. The number of carbonyl (C=O) groups is 2. The van der Waals surface area contributed by atoms with Gasteiger partial charge in [-0.15, -0.1) is 11.3 Å². The number of aliphatic carboxylic acids is 1. The number of hydrogen-bond donors (Lipinski definition) is 2. The number of nitrogens with zero attached hydrogens (tertiary/aromatic N) is 2. The summed E-state index contributed by atoms with van der Waals surface area (Å²) in [5, 5.41) is 20.2. The number of esters is 1. The number of ether oxygens (including phenoxy) is 7. The lowest BCUT2D eigenvalue weighted by atomic mass is 9.77. The third kappa shape index (κ3) is 12.7.